The molecule has 0 spiro atoms. The molecule has 0 aliphatic rings. The molecule has 0 radical (unpaired) electrons. The summed E-state index contributed by atoms with van der Waals surface area (Å²) in [6.07, 6.45) is 13.1. The van der Waals surface area contributed by atoms with Gasteiger partial charge >= 0.3 is 0 Å². The summed E-state index contributed by atoms with van der Waals surface area (Å²) in [5.41, 5.74) is 3.40. The number of nitrogens with zero attached hydrogens (tertiary/aromatic N) is 1. The Kier molecular flexibility index (Phi) is 14.0. The van der Waals surface area contributed by atoms with E-state index in [1.165, 1.54) is 5.56 Å². The minimum absolute atomic E-state index is 0.995. The van der Waals surface area contributed by atoms with Gasteiger partial charge in [-0.2, -0.15) is 0 Å². The van der Waals surface area contributed by atoms with Gasteiger partial charge in [-0.3, -0.25) is 0 Å². The first-order valence-corrected chi connectivity index (χ1v) is 7.57. The molecule has 0 saturated heterocycles. The molecule has 0 aliphatic heterocycles. The molecule has 0 N–H and O–H groups in total. The molecule has 1 aromatic rings. The van der Waals surface area contributed by atoms with Crippen LogP contribution in [0.3, 0.4) is 0 Å². The first kappa shape index (κ1) is 20.6. The Balaban J connectivity index is 0. The van der Waals surface area contributed by atoms with Crippen molar-refractivity contribution < 1.29 is 0 Å². The van der Waals surface area contributed by atoms with Crippen LogP contribution < -0.4 is 0 Å². The van der Waals surface area contributed by atoms with E-state index in [9.17, 15) is 0 Å². The van der Waals surface area contributed by atoms with E-state index in [-0.39, 0.29) is 0 Å². The fraction of sp³-hybridized carbons (Fsp3) is 0.368. The van der Waals surface area contributed by atoms with Crippen molar-refractivity contribution in [2.75, 3.05) is 0 Å². The normalized spacial score (nSPS) is 10.2. The summed E-state index contributed by atoms with van der Waals surface area (Å²) in [6.45, 7) is 19.8. The molecule has 1 heteroatoms. The van der Waals surface area contributed by atoms with Crippen LogP contribution in [0.1, 0.15) is 59.2 Å². The molecule has 112 valence electrons. The average molecular weight is 273 g/mol. The second-order valence-electron chi connectivity index (χ2n) is 3.47. The highest BCUT2D eigenvalue weighted by atomic mass is 15.0. The summed E-state index contributed by atoms with van der Waals surface area (Å²) in [4.78, 5) is 0. The minimum Gasteiger partial charge on any atom is -0.317 e. The molecule has 0 aromatic carbocycles. The summed E-state index contributed by atoms with van der Waals surface area (Å²) in [5, 5.41) is 0. The van der Waals surface area contributed by atoms with Gasteiger partial charge in [0.1, 0.15) is 0 Å². The van der Waals surface area contributed by atoms with Crippen molar-refractivity contribution in [3.63, 3.8) is 0 Å². The van der Waals surface area contributed by atoms with Crippen LogP contribution in [0.5, 0.6) is 0 Å². The number of hydrogen-bond donors (Lipinski definition) is 0. The predicted molar refractivity (Wildman–Crippen MR) is 96.7 cm³/mol. The van der Waals surface area contributed by atoms with Crippen molar-refractivity contribution in [1.29, 1.82) is 0 Å². The fourth-order valence-corrected chi connectivity index (χ4v) is 1.71. The fourth-order valence-electron chi connectivity index (χ4n) is 1.71. The van der Waals surface area contributed by atoms with Crippen LogP contribution in [0.15, 0.2) is 43.6 Å². The highest BCUT2D eigenvalue weighted by molar-refractivity contribution is 5.69. The summed E-state index contributed by atoms with van der Waals surface area (Å²) in [6, 6.07) is 2.09. The van der Waals surface area contributed by atoms with E-state index in [0.717, 1.165) is 17.8 Å². The molecule has 0 bridgehead atoms. The monoisotopic (exact) mass is 273 g/mol. The maximum atomic E-state index is 3.87. The summed E-state index contributed by atoms with van der Waals surface area (Å²) < 4.78 is 2.11. The molecule has 1 aromatic heterocycles. The lowest BCUT2D eigenvalue weighted by Gasteiger charge is -2.07. The Labute approximate surface area is 126 Å². The predicted octanol–water partition coefficient (Wildman–Crippen LogP) is 6.65. The van der Waals surface area contributed by atoms with Gasteiger partial charge in [0, 0.05) is 11.9 Å². The van der Waals surface area contributed by atoms with E-state index in [1.54, 1.807) is 0 Å². The van der Waals surface area contributed by atoms with Gasteiger partial charge in [0.05, 0.1) is 5.69 Å². The van der Waals surface area contributed by atoms with Gasteiger partial charge < -0.3 is 4.57 Å². The summed E-state index contributed by atoms with van der Waals surface area (Å²) in [5.74, 6) is 0. The van der Waals surface area contributed by atoms with Gasteiger partial charge in [-0.1, -0.05) is 66.0 Å². The Bertz CT molecular complexity index is 431. The molecule has 0 aliphatic carbocycles. The average Bonchev–Trinajstić information content (AvgIpc) is 2.92. The molecule has 0 saturated carbocycles. The molecular weight excluding hydrogens is 242 g/mol. The third kappa shape index (κ3) is 5.92. The lowest BCUT2D eigenvalue weighted by atomic mass is 10.2. The maximum Gasteiger partial charge on any atom is 0.0522 e. The first-order chi connectivity index (χ1) is 9.78. The van der Waals surface area contributed by atoms with Crippen LogP contribution in [0.25, 0.3) is 17.8 Å². The van der Waals surface area contributed by atoms with Crippen molar-refractivity contribution in [3.05, 3.63) is 54.9 Å². The van der Waals surface area contributed by atoms with E-state index in [0.29, 0.717) is 0 Å². The van der Waals surface area contributed by atoms with Crippen molar-refractivity contribution in [3.8, 4) is 0 Å². The van der Waals surface area contributed by atoms with Crippen LogP contribution in [0.4, 0.5) is 0 Å². The first-order valence-electron chi connectivity index (χ1n) is 7.57. The molecule has 1 heterocycles. The Morgan fingerprint density at radius 1 is 1.20 bits per heavy atom. The molecule has 0 atom stereocenters. The molecule has 20 heavy (non-hydrogen) atoms. The van der Waals surface area contributed by atoms with E-state index in [1.807, 2.05) is 52.8 Å². The van der Waals surface area contributed by atoms with Crippen LogP contribution in [0.2, 0.25) is 0 Å². The molecule has 1 rings (SSSR count). The van der Waals surface area contributed by atoms with E-state index < -0.39 is 0 Å². The Morgan fingerprint density at radius 2 is 1.80 bits per heavy atom. The topological polar surface area (TPSA) is 4.93 Å². The number of allylic oxidation sites excluding steroid dienone is 4. The van der Waals surface area contributed by atoms with Crippen molar-refractivity contribution in [1.82, 2.24) is 4.57 Å². The van der Waals surface area contributed by atoms with Crippen molar-refractivity contribution in [2.45, 2.75) is 48.0 Å². The molecule has 0 amide bonds. The van der Waals surface area contributed by atoms with Crippen LogP contribution in [-0.4, -0.2) is 4.57 Å². The van der Waals surface area contributed by atoms with Crippen LogP contribution in [0, 0.1) is 0 Å². The zero-order valence-electron chi connectivity index (χ0n) is 14.1. The number of rotatable bonds is 5. The zero-order valence-corrected chi connectivity index (χ0v) is 14.1. The highest BCUT2D eigenvalue weighted by Crippen LogP contribution is 2.20. The van der Waals surface area contributed by atoms with Gasteiger partial charge in [0.2, 0.25) is 0 Å². The van der Waals surface area contributed by atoms with Gasteiger partial charge in [-0.05, 0) is 37.1 Å². The second kappa shape index (κ2) is 13.7. The Morgan fingerprint density at radius 3 is 2.20 bits per heavy atom. The van der Waals surface area contributed by atoms with E-state index >= 15 is 0 Å². The lowest BCUT2D eigenvalue weighted by Crippen LogP contribution is -1.95. The number of hydrogen-bond acceptors (Lipinski definition) is 0. The largest absolute Gasteiger partial charge is 0.317 e. The maximum absolute atomic E-state index is 3.87. The lowest BCUT2D eigenvalue weighted by molar-refractivity contribution is 1.08. The second-order valence-corrected chi connectivity index (χ2v) is 3.47. The van der Waals surface area contributed by atoms with Crippen LogP contribution >= 0.6 is 0 Å². The quantitative estimate of drug-likeness (QED) is 0.529. The third-order valence-corrected chi connectivity index (χ3v) is 2.40. The molecule has 0 unspecified atom stereocenters. The molecule has 0 fully saturated rings. The van der Waals surface area contributed by atoms with Crippen molar-refractivity contribution >= 4 is 17.8 Å². The van der Waals surface area contributed by atoms with Gasteiger partial charge in [0.15, 0.2) is 0 Å². The van der Waals surface area contributed by atoms with Crippen molar-refractivity contribution in [2.24, 2.45) is 0 Å². The SMILES string of the molecule is C=C/C(=C\CC)n1ccc(/C=C\C)c1C=C.CC.CC. The van der Waals surface area contributed by atoms with E-state index in [4.69, 9.17) is 0 Å². The van der Waals surface area contributed by atoms with Gasteiger partial charge in [-0.25, -0.2) is 0 Å². The number of aromatic nitrogens is 1. The van der Waals surface area contributed by atoms with E-state index in [2.05, 4.69) is 49.1 Å². The summed E-state index contributed by atoms with van der Waals surface area (Å²) in [7, 11) is 0. The van der Waals surface area contributed by atoms with Gasteiger partial charge in [-0.15, -0.1) is 0 Å². The smallest absolute Gasteiger partial charge is 0.0522 e. The van der Waals surface area contributed by atoms with Gasteiger partial charge in [0.25, 0.3) is 0 Å². The molecule has 1 nitrogen and oxygen atoms in total. The Hall–Kier alpha value is -1.76. The zero-order chi connectivity index (χ0) is 16.0. The minimum atomic E-state index is 0.995. The summed E-state index contributed by atoms with van der Waals surface area (Å²) >= 11 is 0. The standard InChI is InChI=1S/C15H19N.2C2H6/c1-5-9-13-11-12-16(15(13)8-4)14(7-3)10-6-2;2*1-2/h5,7-12H,3-4,6H2,1-2H3;2*1-2H3/b9-5-,14-10+;;. The third-order valence-electron chi connectivity index (χ3n) is 2.40. The van der Waals surface area contributed by atoms with Crippen LogP contribution in [-0.2, 0) is 0 Å². The molecular formula is C19H31N. The highest BCUT2D eigenvalue weighted by Gasteiger charge is 2.04.